The molecule has 0 saturated heterocycles. The molecule has 1 saturated carbocycles. The Labute approximate surface area is 172 Å². The van der Waals surface area contributed by atoms with Crippen LogP contribution >= 0.6 is 0 Å². The van der Waals surface area contributed by atoms with Gasteiger partial charge in [0.2, 0.25) is 5.91 Å². The Bertz CT molecular complexity index is 991. The predicted octanol–water partition coefficient (Wildman–Crippen LogP) is 4.79. The number of benzene rings is 2. The van der Waals surface area contributed by atoms with Crippen LogP contribution in [0.1, 0.15) is 50.0 Å². The molecule has 0 radical (unpaired) electrons. The molecule has 152 valence electrons. The molecule has 5 heteroatoms. The van der Waals surface area contributed by atoms with Crippen molar-refractivity contribution < 1.29 is 9.53 Å². The molecule has 1 atom stereocenters. The maximum absolute atomic E-state index is 12.2. The normalized spacial score (nSPS) is 14.7. The number of para-hydroxylation sites is 3. The molecular weight excluding hydrogens is 362 g/mol. The Morgan fingerprint density at radius 1 is 1.17 bits per heavy atom. The largest absolute Gasteiger partial charge is 0.493 e. The van der Waals surface area contributed by atoms with Crippen LogP contribution in [0.15, 0.2) is 48.5 Å². The van der Waals surface area contributed by atoms with Crippen LogP contribution in [-0.2, 0) is 11.3 Å². The number of imidazole rings is 1. The van der Waals surface area contributed by atoms with Crippen molar-refractivity contribution in [2.45, 2.75) is 52.1 Å². The summed E-state index contributed by atoms with van der Waals surface area (Å²) < 4.78 is 8.18. The fourth-order valence-corrected chi connectivity index (χ4v) is 3.67. The number of rotatable bonds is 9. The number of nitrogens with zero attached hydrogens (tertiary/aromatic N) is 2. The Hall–Kier alpha value is -2.82. The van der Waals surface area contributed by atoms with E-state index >= 15 is 0 Å². The number of aromatic nitrogens is 2. The van der Waals surface area contributed by atoms with E-state index in [0.717, 1.165) is 60.4 Å². The molecule has 1 unspecified atom stereocenters. The van der Waals surface area contributed by atoms with Crippen molar-refractivity contribution in [1.82, 2.24) is 14.9 Å². The lowest BCUT2D eigenvalue weighted by molar-refractivity contribution is -0.123. The van der Waals surface area contributed by atoms with Gasteiger partial charge in [0.05, 0.1) is 23.7 Å². The van der Waals surface area contributed by atoms with Crippen molar-refractivity contribution in [2.75, 3.05) is 6.61 Å². The number of nitrogens with one attached hydrogen (secondary N) is 1. The van der Waals surface area contributed by atoms with Gasteiger partial charge in [-0.05, 0) is 63.3 Å². The molecule has 0 aliphatic heterocycles. The van der Waals surface area contributed by atoms with Crippen molar-refractivity contribution in [3.8, 4) is 5.75 Å². The Morgan fingerprint density at radius 2 is 1.93 bits per heavy atom. The molecule has 2 aromatic carbocycles. The molecule has 1 aliphatic carbocycles. The van der Waals surface area contributed by atoms with E-state index in [1.807, 2.05) is 43.3 Å². The van der Waals surface area contributed by atoms with Gasteiger partial charge >= 0.3 is 0 Å². The third kappa shape index (κ3) is 4.61. The lowest BCUT2D eigenvalue weighted by atomic mass is 10.2. The highest BCUT2D eigenvalue weighted by Gasteiger charge is 2.31. The zero-order chi connectivity index (χ0) is 20.2. The molecule has 1 aliphatic rings. The van der Waals surface area contributed by atoms with E-state index in [1.165, 1.54) is 0 Å². The van der Waals surface area contributed by atoms with Gasteiger partial charge in [-0.1, -0.05) is 30.3 Å². The second-order valence-electron chi connectivity index (χ2n) is 7.94. The van der Waals surface area contributed by atoms with Gasteiger partial charge in [0.15, 0.2) is 0 Å². The number of unbranched alkanes of at least 4 members (excludes halogenated alkanes) is 1. The SMILES string of the molecule is Cc1ccccc1OCCCCn1c(C(C)NC(=O)C2CC2)nc2ccccc21. The minimum absolute atomic E-state index is 0.0984. The predicted molar refractivity (Wildman–Crippen MR) is 115 cm³/mol. The van der Waals surface area contributed by atoms with Gasteiger partial charge in [0.25, 0.3) is 0 Å². The number of amides is 1. The Balaban J connectivity index is 1.40. The second kappa shape index (κ2) is 8.68. The van der Waals surface area contributed by atoms with E-state index < -0.39 is 0 Å². The zero-order valence-electron chi connectivity index (χ0n) is 17.2. The van der Waals surface area contributed by atoms with Crippen LogP contribution in [-0.4, -0.2) is 22.1 Å². The average Bonchev–Trinajstić information content (AvgIpc) is 3.51. The summed E-state index contributed by atoms with van der Waals surface area (Å²) >= 11 is 0. The molecule has 29 heavy (non-hydrogen) atoms. The van der Waals surface area contributed by atoms with Crippen LogP contribution in [0, 0.1) is 12.8 Å². The van der Waals surface area contributed by atoms with Crippen molar-refractivity contribution >= 4 is 16.9 Å². The molecule has 4 rings (SSSR count). The first kappa shape index (κ1) is 19.5. The highest BCUT2D eigenvalue weighted by molar-refractivity contribution is 5.81. The molecule has 1 amide bonds. The lowest BCUT2D eigenvalue weighted by Gasteiger charge is -2.16. The van der Waals surface area contributed by atoms with Crippen LogP contribution in [0.4, 0.5) is 0 Å². The van der Waals surface area contributed by atoms with Gasteiger partial charge < -0.3 is 14.6 Å². The lowest BCUT2D eigenvalue weighted by Crippen LogP contribution is -2.29. The molecular formula is C24H29N3O2. The number of carbonyl (C=O) groups excluding carboxylic acids is 1. The first-order chi connectivity index (χ1) is 14.1. The Kier molecular flexibility index (Phi) is 5.84. The number of hydrogen-bond donors (Lipinski definition) is 1. The van der Waals surface area contributed by atoms with Gasteiger partial charge in [-0.15, -0.1) is 0 Å². The van der Waals surface area contributed by atoms with Gasteiger partial charge in [-0.3, -0.25) is 4.79 Å². The van der Waals surface area contributed by atoms with E-state index in [9.17, 15) is 4.79 Å². The summed E-state index contributed by atoms with van der Waals surface area (Å²) in [6, 6.07) is 16.2. The van der Waals surface area contributed by atoms with E-state index in [1.54, 1.807) is 0 Å². The standard InChI is InChI=1S/C24H29N3O2/c1-17-9-3-6-12-22(17)29-16-8-7-15-27-21-11-5-4-10-20(21)26-23(27)18(2)25-24(28)19-13-14-19/h3-6,9-12,18-19H,7-8,13-16H2,1-2H3,(H,25,28). The monoisotopic (exact) mass is 391 g/mol. The summed E-state index contributed by atoms with van der Waals surface area (Å²) in [5.41, 5.74) is 3.26. The van der Waals surface area contributed by atoms with E-state index in [2.05, 4.69) is 28.9 Å². The topological polar surface area (TPSA) is 56.1 Å². The second-order valence-corrected chi connectivity index (χ2v) is 7.94. The summed E-state index contributed by atoms with van der Waals surface area (Å²) in [4.78, 5) is 17.0. The van der Waals surface area contributed by atoms with E-state index in [-0.39, 0.29) is 17.9 Å². The third-order valence-corrected chi connectivity index (χ3v) is 5.51. The molecule has 3 aromatic rings. The summed E-state index contributed by atoms with van der Waals surface area (Å²) in [5.74, 6) is 2.24. The highest BCUT2D eigenvalue weighted by Crippen LogP contribution is 2.30. The fraction of sp³-hybridized carbons (Fsp3) is 0.417. The number of ether oxygens (including phenoxy) is 1. The minimum atomic E-state index is -0.0984. The van der Waals surface area contributed by atoms with Gasteiger partial charge in [0, 0.05) is 12.5 Å². The number of fused-ring (bicyclic) bond motifs is 1. The molecule has 0 bridgehead atoms. The summed E-state index contributed by atoms with van der Waals surface area (Å²) in [6.45, 7) is 5.65. The Morgan fingerprint density at radius 3 is 2.72 bits per heavy atom. The molecule has 0 spiro atoms. The van der Waals surface area contributed by atoms with Crippen LogP contribution < -0.4 is 10.1 Å². The molecule has 1 heterocycles. The molecule has 1 fully saturated rings. The maximum atomic E-state index is 12.2. The van der Waals surface area contributed by atoms with Crippen molar-refractivity contribution in [3.05, 3.63) is 59.9 Å². The molecule has 1 N–H and O–H groups in total. The van der Waals surface area contributed by atoms with Crippen LogP contribution in [0.25, 0.3) is 11.0 Å². The van der Waals surface area contributed by atoms with Gasteiger partial charge in [-0.25, -0.2) is 4.98 Å². The van der Waals surface area contributed by atoms with Gasteiger partial charge in [0.1, 0.15) is 11.6 Å². The average molecular weight is 392 g/mol. The number of carbonyl (C=O) groups is 1. The third-order valence-electron chi connectivity index (χ3n) is 5.51. The van der Waals surface area contributed by atoms with Crippen LogP contribution in [0.3, 0.4) is 0 Å². The number of aryl methyl sites for hydroxylation is 2. The summed E-state index contributed by atoms with van der Waals surface area (Å²) in [5, 5.41) is 3.14. The fourth-order valence-electron chi connectivity index (χ4n) is 3.67. The quantitative estimate of drug-likeness (QED) is 0.534. The van der Waals surface area contributed by atoms with Crippen molar-refractivity contribution in [3.63, 3.8) is 0 Å². The van der Waals surface area contributed by atoms with E-state index in [4.69, 9.17) is 9.72 Å². The summed E-state index contributed by atoms with van der Waals surface area (Å²) in [6.07, 6.45) is 3.97. The van der Waals surface area contributed by atoms with Crippen LogP contribution in [0.2, 0.25) is 0 Å². The van der Waals surface area contributed by atoms with Crippen molar-refractivity contribution in [2.24, 2.45) is 5.92 Å². The van der Waals surface area contributed by atoms with Crippen molar-refractivity contribution in [1.29, 1.82) is 0 Å². The van der Waals surface area contributed by atoms with Gasteiger partial charge in [-0.2, -0.15) is 0 Å². The highest BCUT2D eigenvalue weighted by atomic mass is 16.5. The summed E-state index contributed by atoms with van der Waals surface area (Å²) in [7, 11) is 0. The first-order valence-electron chi connectivity index (χ1n) is 10.6. The van der Waals surface area contributed by atoms with E-state index in [0.29, 0.717) is 6.61 Å². The molecule has 1 aromatic heterocycles. The van der Waals surface area contributed by atoms with Crippen LogP contribution in [0.5, 0.6) is 5.75 Å². The smallest absolute Gasteiger partial charge is 0.223 e. The molecule has 5 nitrogen and oxygen atoms in total. The first-order valence-corrected chi connectivity index (χ1v) is 10.6. The maximum Gasteiger partial charge on any atom is 0.223 e. The zero-order valence-corrected chi connectivity index (χ0v) is 17.2. The minimum Gasteiger partial charge on any atom is -0.493 e. The number of hydrogen-bond acceptors (Lipinski definition) is 3.